The zero-order chi connectivity index (χ0) is 16.3. The summed E-state index contributed by atoms with van der Waals surface area (Å²) in [6.45, 7) is -0.267. The maximum atomic E-state index is 12.5. The molecule has 1 amide bonds. The van der Waals surface area contributed by atoms with Crippen LogP contribution in [-0.2, 0) is 16.2 Å². The number of benzene rings is 1. The van der Waals surface area contributed by atoms with E-state index in [-0.39, 0.29) is 18.9 Å². The number of carbonyl (C=O) groups is 1. The number of nitrogens with two attached hydrogens (primary N) is 1. The molecule has 0 aliphatic carbocycles. The van der Waals surface area contributed by atoms with Gasteiger partial charge in [0.1, 0.15) is 12.4 Å². The highest BCUT2D eigenvalue weighted by atomic mass is 32.2. The van der Waals surface area contributed by atoms with Crippen molar-refractivity contribution < 1.29 is 31.1 Å². The molecule has 1 rings (SSSR count). The van der Waals surface area contributed by atoms with Crippen molar-refractivity contribution in [2.24, 2.45) is 5.73 Å². The minimum absolute atomic E-state index is 0.0991. The number of hydrogen-bond donors (Lipinski definition) is 2. The van der Waals surface area contributed by atoms with Gasteiger partial charge in [0, 0.05) is 6.54 Å². The predicted molar refractivity (Wildman–Crippen MR) is 68.3 cm³/mol. The maximum Gasteiger partial charge on any atom is 0.416 e. The molecule has 0 unspecified atom stereocenters. The van der Waals surface area contributed by atoms with Crippen LogP contribution in [0.5, 0.6) is 5.75 Å². The lowest BCUT2D eigenvalue weighted by Gasteiger charge is -2.13. The Morgan fingerprint density at radius 2 is 2.00 bits per heavy atom. The van der Waals surface area contributed by atoms with Crippen LogP contribution < -0.4 is 15.2 Å². The maximum absolute atomic E-state index is 12.5. The van der Waals surface area contributed by atoms with Gasteiger partial charge in [-0.15, -0.1) is 0 Å². The first-order valence-corrected chi connectivity index (χ1v) is 7.48. The topological polar surface area (TPSA) is 98.5 Å². The number of alkyl halides is 3. The second-order valence-electron chi connectivity index (χ2n) is 4.09. The van der Waals surface area contributed by atoms with E-state index in [1.807, 2.05) is 0 Å². The number of hydrogen-bond acceptors (Lipinski definition) is 4. The molecule has 10 heteroatoms. The Morgan fingerprint density at radius 1 is 1.38 bits per heavy atom. The first-order chi connectivity index (χ1) is 9.50. The third-order valence-corrected chi connectivity index (χ3v) is 3.02. The molecule has 0 bridgehead atoms. The fourth-order valence-electron chi connectivity index (χ4n) is 1.41. The van der Waals surface area contributed by atoms with Gasteiger partial charge >= 0.3 is 6.18 Å². The summed E-state index contributed by atoms with van der Waals surface area (Å²) in [6.07, 6.45) is -3.67. The van der Waals surface area contributed by atoms with E-state index in [2.05, 4.69) is 4.72 Å². The number of primary amides is 1. The summed E-state index contributed by atoms with van der Waals surface area (Å²) in [5, 5.41) is 0. The molecule has 3 N–H and O–H groups in total. The minimum atomic E-state index is -4.61. The molecule has 6 nitrogen and oxygen atoms in total. The van der Waals surface area contributed by atoms with E-state index >= 15 is 0 Å². The zero-order valence-electron chi connectivity index (χ0n) is 10.9. The lowest BCUT2D eigenvalue weighted by atomic mass is 10.1. The SMILES string of the molecule is CS(=O)(=O)NCCOc1ccc(C(F)(F)F)cc1C(N)=O. The summed E-state index contributed by atoms with van der Waals surface area (Å²) < 4.78 is 66.4. The highest BCUT2D eigenvalue weighted by molar-refractivity contribution is 7.88. The number of nitrogens with one attached hydrogen (secondary N) is 1. The molecule has 21 heavy (non-hydrogen) atoms. The van der Waals surface area contributed by atoms with E-state index < -0.39 is 33.2 Å². The standard InChI is InChI=1S/C11H13F3N2O4S/c1-21(18,19)16-4-5-20-9-3-2-7(11(12,13)14)6-8(9)10(15)17/h2-3,6,16H,4-5H2,1H3,(H2,15,17). The van der Waals surface area contributed by atoms with Crippen molar-refractivity contribution in [1.29, 1.82) is 0 Å². The van der Waals surface area contributed by atoms with Crippen molar-refractivity contribution in [3.63, 3.8) is 0 Å². The lowest BCUT2D eigenvalue weighted by molar-refractivity contribution is -0.137. The minimum Gasteiger partial charge on any atom is -0.491 e. The van der Waals surface area contributed by atoms with Crippen LogP contribution in [0, 0.1) is 0 Å². The van der Waals surface area contributed by atoms with Crippen molar-refractivity contribution in [2.45, 2.75) is 6.18 Å². The van der Waals surface area contributed by atoms with Crippen LogP contribution >= 0.6 is 0 Å². The van der Waals surface area contributed by atoms with Crippen molar-refractivity contribution in [3.05, 3.63) is 29.3 Å². The van der Waals surface area contributed by atoms with Crippen LogP contribution in [0.3, 0.4) is 0 Å². The largest absolute Gasteiger partial charge is 0.491 e. The van der Waals surface area contributed by atoms with Crippen LogP contribution in [0.1, 0.15) is 15.9 Å². The number of halogens is 3. The van der Waals surface area contributed by atoms with Gasteiger partial charge in [0.15, 0.2) is 0 Å². The Bertz CT molecular complexity index is 629. The van der Waals surface area contributed by atoms with Crippen LogP contribution in [0.2, 0.25) is 0 Å². The highest BCUT2D eigenvalue weighted by Gasteiger charge is 2.31. The Balaban J connectivity index is 2.85. The predicted octanol–water partition coefficient (Wildman–Crippen LogP) is 0.732. The Morgan fingerprint density at radius 3 is 2.48 bits per heavy atom. The lowest BCUT2D eigenvalue weighted by Crippen LogP contribution is -2.27. The van der Waals surface area contributed by atoms with Gasteiger partial charge in [-0.3, -0.25) is 4.79 Å². The zero-order valence-corrected chi connectivity index (χ0v) is 11.7. The van der Waals surface area contributed by atoms with Crippen LogP contribution in [0.4, 0.5) is 13.2 Å². The molecule has 0 saturated carbocycles. The molecule has 0 aliphatic rings. The Kier molecular flexibility index (Phi) is 5.18. The van der Waals surface area contributed by atoms with Gasteiger partial charge in [0.25, 0.3) is 5.91 Å². The molecule has 0 radical (unpaired) electrons. The van der Waals surface area contributed by atoms with Gasteiger partial charge in [0.05, 0.1) is 17.4 Å². The number of amides is 1. The smallest absolute Gasteiger partial charge is 0.416 e. The average Bonchev–Trinajstić information content (AvgIpc) is 2.32. The summed E-state index contributed by atoms with van der Waals surface area (Å²) in [4.78, 5) is 11.2. The number of rotatable bonds is 6. The summed E-state index contributed by atoms with van der Waals surface area (Å²) in [5.74, 6) is -1.22. The van der Waals surface area contributed by atoms with Crippen LogP contribution in [0.25, 0.3) is 0 Å². The summed E-state index contributed by atoms with van der Waals surface area (Å²) in [6, 6.07) is 2.29. The van der Waals surface area contributed by atoms with Crippen molar-refractivity contribution in [1.82, 2.24) is 4.72 Å². The van der Waals surface area contributed by atoms with Crippen molar-refractivity contribution in [2.75, 3.05) is 19.4 Å². The summed E-state index contributed by atoms with van der Waals surface area (Å²) in [7, 11) is -3.40. The van der Waals surface area contributed by atoms with Gasteiger partial charge in [-0.1, -0.05) is 0 Å². The second kappa shape index (κ2) is 6.31. The van der Waals surface area contributed by atoms with E-state index in [0.717, 1.165) is 18.4 Å². The molecule has 1 aromatic rings. The Hall–Kier alpha value is -1.81. The monoisotopic (exact) mass is 326 g/mol. The second-order valence-corrected chi connectivity index (χ2v) is 5.92. The third kappa shape index (κ3) is 5.60. The third-order valence-electron chi connectivity index (χ3n) is 2.30. The van der Waals surface area contributed by atoms with Gasteiger partial charge in [-0.2, -0.15) is 13.2 Å². The van der Waals surface area contributed by atoms with Gasteiger partial charge in [0.2, 0.25) is 10.0 Å². The van der Waals surface area contributed by atoms with Gasteiger partial charge < -0.3 is 10.5 Å². The first kappa shape index (κ1) is 17.2. The van der Waals surface area contributed by atoms with Gasteiger partial charge in [-0.05, 0) is 18.2 Å². The fourth-order valence-corrected chi connectivity index (χ4v) is 1.87. The van der Waals surface area contributed by atoms with Gasteiger partial charge in [-0.25, -0.2) is 13.1 Å². The molecule has 0 heterocycles. The Labute approximate surface area is 119 Å². The summed E-state index contributed by atoms with van der Waals surface area (Å²) in [5.41, 5.74) is 3.55. The first-order valence-electron chi connectivity index (χ1n) is 5.59. The molecule has 0 fully saturated rings. The van der Waals surface area contributed by atoms with Crippen molar-refractivity contribution >= 4 is 15.9 Å². The summed E-state index contributed by atoms with van der Waals surface area (Å²) >= 11 is 0. The molecule has 0 aliphatic heterocycles. The average molecular weight is 326 g/mol. The molecule has 118 valence electrons. The quantitative estimate of drug-likeness (QED) is 0.753. The molecular formula is C11H13F3N2O4S. The van der Waals surface area contributed by atoms with E-state index in [0.29, 0.717) is 6.07 Å². The number of sulfonamides is 1. The van der Waals surface area contributed by atoms with E-state index in [1.54, 1.807) is 0 Å². The fraction of sp³-hybridized carbons (Fsp3) is 0.364. The number of ether oxygens (including phenoxy) is 1. The van der Waals surface area contributed by atoms with E-state index in [1.165, 1.54) is 0 Å². The van der Waals surface area contributed by atoms with Crippen LogP contribution in [0.15, 0.2) is 18.2 Å². The molecule has 0 spiro atoms. The molecular weight excluding hydrogens is 313 g/mol. The molecule has 0 saturated heterocycles. The van der Waals surface area contributed by atoms with E-state index in [4.69, 9.17) is 10.5 Å². The highest BCUT2D eigenvalue weighted by Crippen LogP contribution is 2.32. The molecule has 0 aromatic heterocycles. The molecule has 0 atom stereocenters. The van der Waals surface area contributed by atoms with Crippen LogP contribution in [-0.4, -0.2) is 33.7 Å². The molecule has 1 aromatic carbocycles. The number of carbonyl (C=O) groups excluding carboxylic acids is 1. The normalized spacial score (nSPS) is 12.2. The van der Waals surface area contributed by atoms with Crippen molar-refractivity contribution in [3.8, 4) is 5.75 Å². The van der Waals surface area contributed by atoms with E-state index in [9.17, 15) is 26.4 Å².